The Morgan fingerprint density at radius 2 is 2.27 bits per heavy atom. The van der Waals surface area contributed by atoms with Crippen LogP contribution < -0.4 is 0 Å². The van der Waals surface area contributed by atoms with Crippen LogP contribution in [-0.2, 0) is 0 Å². The van der Waals surface area contributed by atoms with E-state index in [1.807, 2.05) is 31.2 Å². The molecule has 1 heterocycles. The van der Waals surface area contributed by atoms with E-state index in [2.05, 4.69) is 27.0 Å². The second-order valence-corrected chi connectivity index (χ2v) is 4.97. The van der Waals surface area contributed by atoms with Gasteiger partial charge in [0.15, 0.2) is 0 Å². The lowest BCUT2D eigenvalue weighted by atomic mass is 10.2. The molecule has 0 bridgehead atoms. The van der Waals surface area contributed by atoms with Gasteiger partial charge >= 0.3 is 0 Å². The molecule has 0 N–H and O–H groups in total. The van der Waals surface area contributed by atoms with Gasteiger partial charge in [-0.3, -0.25) is 0 Å². The van der Waals surface area contributed by atoms with E-state index in [0.29, 0.717) is 4.88 Å². The predicted molar refractivity (Wildman–Crippen MR) is 64.7 cm³/mol. The van der Waals surface area contributed by atoms with Crippen LogP contribution in [0.3, 0.4) is 0 Å². The molecular formula is C11H7BrN2S. The first-order valence-electron chi connectivity index (χ1n) is 4.34. The van der Waals surface area contributed by atoms with E-state index in [4.69, 9.17) is 5.26 Å². The number of nitriles is 1. The van der Waals surface area contributed by atoms with Crippen molar-refractivity contribution in [3.63, 3.8) is 0 Å². The van der Waals surface area contributed by atoms with Crippen LogP contribution in [0.5, 0.6) is 0 Å². The van der Waals surface area contributed by atoms with Crippen LogP contribution in [-0.4, -0.2) is 4.98 Å². The van der Waals surface area contributed by atoms with Crippen LogP contribution in [0.2, 0.25) is 0 Å². The summed E-state index contributed by atoms with van der Waals surface area (Å²) in [6.07, 6.45) is 0. The molecule has 0 saturated carbocycles. The lowest BCUT2D eigenvalue weighted by Crippen LogP contribution is -1.77. The Kier molecular flexibility index (Phi) is 2.85. The fourth-order valence-electron chi connectivity index (χ4n) is 1.25. The quantitative estimate of drug-likeness (QED) is 0.797. The van der Waals surface area contributed by atoms with E-state index < -0.39 is 0 Å². The molecule has 0 aliphatic heterocycles. The number of halogens is 1. The standard InChI is InChI=1S/C11H7BrN2S/c1-7-10(6-13)15-11(14-7)8-3-2-4-9(12)5-8/h2-5H,1H3. The van der Waals surface area contributed by atoms with E-state index >= 15 is 0 Å². The molecule has 0 fully saturated rings. The molecule has 2 aromatic rings. The summed E-state index contributed by atoms with van der Waals surface area (Å²) in [5.41, 5.74) is 1.84. The lowest BCUT2D eigenvalue weighted by molar-refractivity contribution is 1.25. The van der Waals surface area contributed by atoms with Crippen molar-refractivity contribution >= 4 is 27.3 Å². The van der Waals surface area contributed by atoms with Crippen molar-refractivity contribution in [2.45, 2.75) is 6.92 Å². The fraction of sp³-hybridized carbons (Fsp3) is 0.0909. The summed E-state index contributed by atoms with van der Waals surface area (Å²) < 4.78 is 1.02. The van der Waals surface area contributed by atoms with Crippen molar-refractivity contribution in [1.82, 2.24) is 4.98 Å². The molecular weight excluding hydrogens is 272 g/mol. The Morgan fingerprint density at radius 3 is 2.87 bits per heavy atom. The summed E-state index contributed by atoms with van der Waals surface area (Å²) >= 11 is 4.84. The van der Waals surface area contributed by atoms with Crippen LogP contribution in [0.1, 0.15) is 10.6 Å². The number of rotatable bonds is 1. The molecule has 0 amide bonds. The summed E-state index contributed by atoms with van der Waals surface area (Å²) in [6.45, 7) is 1.86. The average molecular weight is 279 g/mol. The Bertz CT molecular complexity index is 540. The topological polar surface area (TPSA) is 36.7 Å². The van der Waals surface area contributed by atoms with Crippen molar-refractivity contribution in [1.29, 1.82) is 5.26 Å². The molecule has 4 heteroatoms. The largest absolute Gasteiger partial charge is 0.240 e. The monoisotopic (exact) mass is 278 g/mol. The minimum atomic E-state index is 0.685. The van der Waals surface area contributed by atoms with Gasteiger partial charge in [0.2, 0.25) is 0 Å². The third kappa shape index (κ3) is 2.09. The lowest BCUT2D eigenvalue weighted by Gasteiger charge is -1.95. The summed E-state index contributed by atoms with van der Waals surface area (Å²) in [7, 11) is 0. The number of thiazole rings is 1. The van der Waals surface area contributed by atoms with E-state index in [1.54, 1.807) is 0 Å². The summed E-state index contributed by atoms with van der Waals surface area (Å²) in [6, 6.07) is 10.1. The predicted octanol–water partition coefficient (Wildman–Crippen LogP) is 3.75. The molecule has 1 aromatic heterocycles. The van der Waals surface area contributed by atoms with E-state index in [1.165, 1.54) is 11.3 Å². The Morgan fingerprint density at radius 1 is 1.47 bits per heavy atom. The number of aryl methyl sites for hydroxylation is 1. The zero-order valence-corrected chi connectivity index (χ0v) is 10.4. The van der Waals surface area contributed by atoms with Crippen LogP contribution in [0.25, 0.3) is 10.6 Å². The summed E-state index contributed by atoms with van der Waals surface area (Å²) in [4.78, 5) is 5.05. The first kappa shape index (κ1) is 10.3. The maximum Gasteiger partial charge on any atom is 0.128 e. The number of hydrogen-bond donors (Lipinski definition) is 0. The zero-order valence-electron chi connectivity index (χ0n) is 7.99. The molecule has 0 unspecified atom stereocenters. The fourth-order valence-corrected chi connectivity index (χ4v) is 2.50. The van der Waals surface area contributed by atoms with Crippen LogP contribution in [0.4, 0.5) is 0 Å². The third-order valence-corrected chi connectivity index (χ3v) is 3.57. The molecule has 2 rings (SSSR count). The van der Waals surface area contributed by atoms with E-state index in [9.17, 15) is 0 Å². The molecule has 74 valence electrons. The molecule has 0 spiro atoms. The highest BCUT2D eigenvalue weighted by atomic mass is 79.9. The molecule has 0 saturated heterocycles. The van der Waals surface area contributed by atoms with Gasteiger partial charge in [0, 0.05) is 10.0 Å². The smallest absolute Gasteiger partial charge is 0.128 e. The van der Waals surface area contributed by atoms with Gasteiger partial charge in [-0.1, -0.05) is 28.1 Å². The van der Waals surface area contributed by atoms with Crippen molar-refractivity contribution in [3.05, 3.63) is 39.3 Å². The first-order valence-corrected chi connectivity index (χ1v) is 5.95. The average Bonchev–Trinajstić information content (AvgIpc) is 2.60. The molecule has 0 radical (unpaired) electrons. The summed E-state index contributed by atoms with van der Waals surface area (Å²) in [5, 5.41) is 9.74. The van der Waals surface area contributed by atoms with Crippen molar-refractivity contribution < 1.29 is 0 Å². The minimum absolute atomic E-state index is 0.685. The maximum atomic E-state index is 8.84. The molecule has 0 atom stereocenters. The Balaban J connectivity index is 2.51. The SMILES string of the molecule is Cc1nc(-c2cccc(Br)c2)sc1C#N. The number of benzene rings is 1. The van der Waals surface area contributed by atoms with Crippen LogP contribution in [0, 0.1) is 18.3 Å². The molecule has 0 aliphatic carbocycles. The Labute approximate surface area is 100 Å². The third-order valence-electron chi connectivity index (χ3n) is 1.97. The number of aromatic nitrogens is 1. The normalized spacial score (nSPS) is 9.93. The van der Waals surface area contributed by atoms with Gasteiger partial charge in [-0.25, -0.2) is 4.98 Å². The van der Waals surface area contributed by atoms with Gasteiger partial charge in [-0.15, -0.1) is 11.3 Å². The molecule has 1 aromatic carbocycles. The molecule has 0 aliphatic rings. The summed E-state index contributed by atoms with van der Waals surface area (Å²) in [5.74, 6) is 0. The van der Waals surface area contributed by atoms with Gasteiger partial charge < -0.3 is 0 Å². The van der Waals surface area contributed by atoms with Crippen molar-refractivity contribution in [2.24, 2.45) is 0 Å². The van der Waals surface area contributed by atoms with Gasteiger partial charge in [-0.05, 0) is 19.1 Å². The van der Waals surface area contributed by atoms with Crippen LogP contribution >= 0.6 is 27.3 Å². The second kappa shape index (κ2) is 4.13. The minimum Gasteiger partial charge on any atom is -0.240 e. The van der Waals surface area contributed by atoms with E-state index in [-0.39, 0.29) is 0 Å². The highest BCUT2D eigenvalue weighted by molar-refractivity contribution is 9.10. The second-order valence-electron chi connectivity index (χ2n) is 3.06. The number of hydrogen-bond acceptors (Lipinski definition) is 3. The van der Waals surface area contributed by atoms with Gasteiger partial charge in [0.1, 0.15) is 16.0 Å². The van der Waals surface area contributed by atoms with Crippen molar-refractivity contribution in [2.75, 3.05) is 0 Å². The highest BCUT2D eigenvalue weighted by Crippen LogP contribution is 2.28. The zero-order chi connectivity index (χ0) is 10.8. The molecule has 2 nitrogen and oxygen atoms in total. The highest BCUT2D eigenvalue weighted by Gasteiger charge is 2.08. The van der Waals surface area contributed by atoms with Crippen LogP contribution in [0.15, 0.2) is 28.7 Å². The van der Waals surface area contributed by atoms with Gasteiger partial charge in [0.05, 0.1) is 5.69 Å². The van der Waals surface area contributed by atoms with E-state index in [0.717, 1.165) is 20.7 Å². The van der Waals surface area contributed by atoms with Gasteiger partial charge in [0.25, 0.3) is 0 Å². The number of nitrogens with zero attached hydrogens (tertiary/aromatic N) is 2. The molecule has 15 heavy (non-hydrogen) atoms. The maximum absolute atomic E-state index is 8.84. The van der Waals surface area contributed by atoms with Gasteiger partial charge in [-0.2, -0.15) is 5.26 Å². The first-order chi connectivity index (χ1) is 7.20. The van der Waals surface area contributed by atoms with Crippen molar-refractivity contribution in [3.8, 4) is 16.6 Å². The Hall–Kier alpha value is -1.18.